The quantitative estimate of drug-likeness (QED) is 0.174. The third kappa shape index (κ3) is 8.95. The molecule has 0 radical (unpaired) electrons. The van der Waals surface area contributed by atoms with Crippen molar-refractivity contribution >= 4 is 39.4 Å². The van der Waals surface area contributed by atoms with E-state index < -0.39 is 21.5 Å². The third-order valence-corrected chi connectivity index (χ3v) is 9.97. The Balaban J connectivity index is 1.12. The minimum Gasteiger partial charge on any atom is -0.476 e. The summed E-state index contributed by atoms with van der Waals surface area (Å²) in [7, 11) is -4.32. The molecule has 5 rings (SSSR count). The number of pyridine rings is 2. The molecule has 2 amide bonds. The number of rotatable bonds is 12. The molecule has 1 aliphatic heterocycles. The van der Waals surface area contributed by atoms with Crippen LogP contribution in [-0.4, -0.2) is 75.9 Å². The Morgan fingerprint density at radius 1 is 1.08 bits per heavy atom. The molecule has 0 bridgehead atoms. The molecule has 2 N–H and O–H groups in total. The maximum atomic E-state index is 13.1. The molecule has 1 saturated carbocycles. The van der Waals surface area contributed by atoms with E-state index in [4.69, 9.17) is 21.1 Å². The lowest BCUT2D eigenvalue weighted by atomic mass is 9.93. The van der Waals surface area contributed by atoms with Gasteiger partial charge in [-0.3, -0.25) is 4.79 Å². The van der Waals surface area contributed by atoms with Gasteiger partial charge < -0.3 is 19.7 Å². The molecule has 3 aromatic rings. The summed E-state index contributed by atoms with van der Waals surface area (Å²) in [6.45, 7) is 13.6. The highest BCUT2D eigenvalue weighted by Crippen LogP contribution is 2.45. The zero-order valence-corrected chi connectivity index (χ0v) is 29.8. The first kappa shape index (κ1) is 35.4. The first-order valence-electron chi connectivity index (χ1n) is 16.1. The van der Waals surface area contributed by atoms with Crippen molar-refractivity contribution < 1.29 is 27.5 Å². The number of aromatic nitrogens is 4. The molecule has 4 heterocycles. The van der Waals surface area contributed by atoms with Crippen LogP contribution >= 0.6 is 11.6 Å². The predicted molar refractivity (Wildman–Crippen MR) is 181 cm³/mol. The smallest absolute Gasteiger partial charge is 0.410 e. The Kier molecular flexibility index (Phi) is 9.98. The third-order valence-electron chi connectivity index (χ3n) is 8.44. The van der Waals surface area contributed by atoms with Gasteiger partial charge in [0.05, 0.1) is 12.2 Å². The molecule has 15 heteroatoms. The highest BCUT2D eigenvalue weighted by Gasteiger charge is 2.42. The summed E-state index contributed by atoms with van der Waals surface area (Å²) in [4.78, 5) is 35.9. The monoisotopic (exact) mass is 701 g/mol. The maximum absolute atomic E-state index is 13.1. The fraction of sp³-hybridized carbons (Fsp3) is 0.545. The van der Waals surface area contributed by atoms with Crippen LogP contribution in [0.1, 0.15) is 84.0 Å². The van der Waals surface area contributed by atoms with Gasteiger partial charge in [-0.05, 0) is 96.9 Å². The minimum atomic E-state index is -4.32. The standard InChI is InChI=1S/C33H44ClN7O6S/c1-31(2,3)47-30(43)40-20-22(19-32(40,4)5)9-8-17-35-24-10-7-11-27(36-24)48(44,45)39-29(42)23-12-13-25(37-28(23)34)41-18-14-26(38-41)46-21-33(6)15-16-33/h7,10-14,18,22H,8-9,15-17,19-21H2,1-6H3,(H,35,36)(H,39,42). The average Bonchev–Trinajstić information content (AvgIpc) is 3.39. The molecule has 260 valence electrons. The van der Waals surface area contributed by atoms with Crippen molar-refractivity contribution in [1.82, 2.24) is 29.4 Å². The lowest BCUT2D eigenvalue weighted by Gasteiger charge is -2.33. The molecular weight excluding hydrogens is 658 g/mol. The number of nitrogens with zero attached hydrogens (tertiary/aromatic N) is 5. The van der Waals surface area contributed by atoms with Crippen LogP contribution in [0.5, 0.6) is 5.88 Å². The number of hydrogen-bond acceptors (Lipinski definition) is 10. The van der Waals surface area contributed by atoms with E-state index in [1.807, 2.05) is 39.3 Å². The molecule has 1 atom stereocenters. The van der Waals surface area contributed by atoms with E-state index in [1.165, 1.54) is 22.9 Å². The Bertz CT molecular complexity index is 1770. The van der Waals surface area contributed by atoms with Gasteiger partial charge in [-0.1, -0.05) is 24.6 Å². The van der Waals surface area contributed by atoms with E-state index in [2.05, 4.69) is 27.3 Å². The highest BCUT2D eigenvalue weighted by atomic mass is 35.5. The fourth-order valence-electron chi connectivity index (χ4n) is 5.56. The van der Waals surface area contributed by atoms with Crippen molar-refractivity contribution in [3.63, 3.8) is 0 Å². The second-order valence-corrected chi connectivity index (χ2v) is 16.5. The average molecular weight is 702 g/mol. The Morgan fingerprint density at radius 2 is 1.83 bits per heavy atom. The number of sulfonamides is 1. The fourth-order valence-corrected chi connectivity index (χ4v) is 6.73. The van der Waals surface area contributed by atoms with Gasteiger partial charge in [-0.25, -0.2) is 24.2 Å². The molecule has 3 aromatic heterocycles. The number of nitrogens with one attached hydrogen (secondary N) is 2. The van der Waals surface area contributed by atoms with Crippen LogP contribution in [0.3, 0.4) is 0 Å². The van der Waals surface area contributed by atoms with Gasteiger partial charge in [-0.2, -0.15) is 8.42 Å². The van der Waals surface area contributed by atoms with Crippen molar-refractivity contribution in [1.29, 1.82) is 0 Å². The second kappa shape index (κ2) is 13.5. The lowest BCUT2D eigenvalue weighted by molar-refractivity contribution is 0.0130. The van der Waals surface area contributed by atoms with Gasteiger partial charge in [0.15, 0.2) is 10.8 Å². The van der Waals surface area contributed by atoms with Crippen molar-refractivity contribution in [3.8, 4) is 11.7 Å². The SMILES string of the molecule is CC1(COc2ccn(-c3ccc(C(=O)NS(=O)(=O)c4cccc(NCCCC5CN(C(=O)OC(C)(C)C)C(C)(C)C5)n4)c(Cl)n3)n2)CC1. The molecule has 1 aliphatic carbocycles. The minimum absolute atomic E-state index is 0.121. The zero-order valence-electron chi connectivity index (χ0n) is 28.2. The second-order valence-electron chi connectivity index (χ2n) is 14.5. The number of halogens is 1. The van der Waals surface area contributed by atoms with Crippen molar-refractivity contribution in [2.24, 2.45) is 11.3 Å². The topological polar surface area (TPSA) is 158 Å². The first-order chi connectivity index (χ1) is 22.4. The van der Waals surface area contributed by atoms with Crippen molar-refractivity contribution in [2.75, 3.05) is 25.0 Å². The van der Waals surface area contributed by atoms with Crippen LogP contribution in [-0.2, 0) is 14.8 Å². The Morgan fingerprint density at radius 3 is 2.52 bits per heavy atom. The summed E-state index contributed by atoms with van der Waals surface area (Å²) in [5, 5.41) is 7.00. The van der Waals surface area contributed by atoms with Crippen LogP contribution in [0.15, 0.2) is 47.6 Å². The molecule has 1 unspecified atom stereocenters. The molecule has 48 heavy (non-hydrogen) atoms. The Hall–Kier alpha value is -3.91. The van der Waals surface area contributed by atoms with E-state index >= 15 is 0 Å². The van der Waals surface area contributed by atoms with Crippen molar-refractivity contribution in [2.45, 2.75) is 89.8 Å². The summed E-state index contributed by atoms with van der Waals surface area (Å²) in [5.74, 6) is 0.505. The van der Waals surface area contributed by atoms with Gasteiger partial charge in [0.2, 0.25) is 5.88 Å². The molecule has 2 aliphatic rings. The number of hydrogen-bond donors (Lipinski definition) is 2. The van der Waals surface area contributed by atoms with Gasteiger partial charge in [0, 0.05) is 36.3 Å². The van der Waals surface area contributed by atoms with Gasteiger partial charge in [-0.15, -0.1) is 5.10 Å². The van der Waals surface area contributed by atoms with Gasteiger partial charge in [0.25, 0.3) is 15.9 Å². The van der Waals surface area contributed by atoms with Crippen molar-refractivity contribution in [3.05, 3.63) is 53.3 Å². The van der Waals surface area contributed by atoms with E-state index in [-0.39, 0.29) is 32.8 Å². The largest absolute Gasteiger partial charge is 0.476 e. The Labute approximate surface area is 286 Å². The van der Waals surface area contributed by atoms with Crippen LogP contribution in [0, 0.1) is 11.3 Å². The lowest BCUT2D eigenvalue weighted by Crippen LogP contribution is -2.45. The van der Waals surface area contributed by atoms with Gasteiger partial charge >= 0.3 is 6.09 Å². The van der Waals surface area contributed by atoms with E-state index in [0.717, 1.165) is 32.1 Å². The summed E-state index contributed by atoms with van der Waals surface area (Å²) < 4.78 is 41.0. The van der Waals surface area contributed by atoms with Crippen LogP contribution in [0.25, 0.3) is 5.82 Å². The zero-order chi connectivity index (χ0) is 34.9. The van der Waals surface area contributed by atoms with Crippen LogP contribution < -0.4 is 14.8 Å². The summed E-state index contributed by atoms with van der Waals surface area (Å²) in [5.41, 5.74) is -0.775. The van der Waals surface area contributed by atoms with Crippen LogP contribution in [0.2, 0.25) is 5.15 Å². The van der Waals surface area contributed by atoms with Gasteiger partial charge in [0.1, 0.15) is 16.6 Å². The first-order valence-corrected chi connectivity index (χ1v) is 17.9. The highest BCUT2D eigenvalue weighted by molar-refractivity contribution is 7.90. The number of carbonyl (C=O) groups is 2. The molecule has 0 spiro atoms. The predicted octanol–water partition coefficient (Wildman–Crippen LogP) is 5.84. The molecule has 2 fully saturated rings. The molecule has 13 nitrogen and oxygen atoms in total. The molecule has 0 aromatic carbocycles. The summed E-state index contributed by atoms with van der Waals surface area (Å²) >= 11 is 6.30. The number of anilines is 1. The molecule has 1 saturated heterocycles. The van der Waals surface area contributed by atoms with Crippen LogP contribution in [0.4, 0.5) is 10.6 Å². The summed E-state index contributed by atoms with van der Waals surface area (Å²) in [6, 6.07) is 9.10. The van der Waals surface area contributed by atoms with E-state index in [0.29, 0.717) is 43.1 Å². The number of amides is 2. The number of carbonyl (C=O) groups excluding carboxylic acids is 2. The van der Waals surface area contributed by atoms with E-state index in [9.17, 15) is 18.0 Å². The molecular formula is C33H44ClN7O6S. The normalized spacial score (nSPS) is 18.3. The van der Waals surface area contributed by atoms with E-state index in [1.54, 1.807) is 29.3 Å². The maximum Gasteiger partial charge on any atom is 0.410 e. The number of likely N-dealkylation sites (tertiary alicyclic amines) is 1. The number of ether oxygens (including phenoxy) is 2. The summed E-state index contributed by atoms with van der Waals surface area (Å²) in [6.07, 6.45) is 6.13.